The predicted octanol–water partition coefficient (Wildman–Crippen LogP) is 34.2. The van der Waals surface area contributed by atoms with E-state index in [0.717, 1.165) is 182 Å². The van der Waals surface area contributed by atoms with Gasteiger partial charge in [0.2, 0.25) is 0 Å². The summed E-state index contributed by atoms with van der Waals surface area (Å²) in [6.07, 6.45) is 32.5. The minimum atomic E-state index is -0.212. The average Bonchev–Trinajstić information content (AvgIpc) is 0.780. The van der Waals surface area contributed by atoms with Crippen LogP contribution in [-0.4, -0.2) is 34.7 Å². The summed E-state index contributed by atoms with van der Waals surface area (Å²) in [4.78, 5) is 95.4. The lowest BCUT2D eigenvalue weighted by Crippen LogP contribution is -2.07. The highest BCUT2D eigenvalue weighted by atomic mass is 32.1. The van der Waals surface area contributed by atoms with E-state index in [-0.39, 0.29) is 34.7 Å². The molecule has 0 N–H and O–H groups in total. The molecule has 648 valence electrons. The van der Waals surface area contributed by atoms with Crippen molar-refractivity contribution in [3.05, 3.63) is 355 Å². The third-order valence-electron chi connectivity index (χ3n) is 23.7. The molecule has 126 heavy (non-hydrogen) atoms. The number of benzene rings is 12. The number of carbonyl (C=O) groups is 6. The maximum absolute atomic E-state index is 15.9. The van der Waals surface area contributed by atoms with Crippen LogP contribution in [-0.2, 0) is 38.5 Å². The largest absolute Gasteiger partial charge is 0.289 e. The lowest BCUT2D eigenvalue weighted by molar-refractivity contribution is 0.102. The third-order valence-corrected chi connectivity index (χ3v) is 30.0. The molecular formula is C114H120O6S6. The van der Waals surface area contributed by atoms with Crippen molar-refractivity contribution in [1.29, 1.82) is 0 Å². The van der Waals surface area contributed by atoms with Crippen LogP contribution in [0.25, 0.3) is 56.4 Å². The first-order chi connectivity index (χ1) is 61.7. The van der Waals surface area contributed by atoms with E-state index in [1.165, 1.54) is 140 Å². The maximum atomic E-state index is 15.9. The van der Waals surface area contributed by atoms with Crippen LogP contribution < -0.4 is 0 Å². The van der Waals surface area contributed by atoms with Gasteiger partial charge in [0.15, 0.2) is 34.7 Å². The van der Waals surface area contributed by atoms with E-state index in [9.17, 15) is 0 Å². The fourth-order valence-electron chi connectivity index (χ4n) is 16.2. The molecule has 0 atom stereocenters. The zero-order valence-electron chi connectivity index (χ0n) is 74.4. The molecule has 12 aromatic carbocycles. The van der Waals surface area contributed by atoms with Crippen LogP contribution in [0.5, 0.6) is 0 Å². The number of hydrogen-bond donors (Lipinski definition) is 0. The smallest absolute Gasteiger partial charge is 0.194 e. The number of carbonyl (C=O) groups excluding carboxylic acids is 6. The van der Waals surface area contributed by atoms with Crippen LogP contribution in [0.1, 0.15) is 325 Å². The van der Waals surface area contributed by atoms with Gasteiger partial charge in [-0.05, 0) is 201 Å². The zero-order chi connectivity index (χ0) is 87.9. The molecule has 12 bridgehead atoms. The molecule has 0 aliphatic rings. The number of aryl methyl sites for hydroxylation is 6. The highest BCUT2D eigenvalue weighted by Gasteiger charge is 2.25. The molecule has 6 nitrogen and oxygen atoms in total. The predicted molar refractivity (Wildman–Crippen MR) is 544 cm³/mol. The van der Waals surface area contributed by atoms with E-state index < -0.39 is 0 Å². The van der Waals surface area contributed by atoms with Crippen LogP contribution in [0.2, 0.25) is 0 Å². The van der Waals surface area contributed by atoms with Crippen molar-refractivity contribution in [1.82, 2.24) is 0 Å². The number of ketones is 6. The van der Waals surface area contributed by atoms with E-state index in [4.69, 9.17) is 0 Å². The van der Waals surface area contributed by atoms with Gasteiger partial charge in [0, 0.05) is 123 Å². The summed E-state index contributed by atoms with van der Waals surface area (Å²) in [5.74, 6) is -1.27. The van der Waals surface area contributed by atoms with Crippen LogP contribution in [0.15, 0.2) is 255 Å². The normalized spacial score (nSPS) is 11.3. The number of fused-ring (bicyclic) bond motifs is 12. The van der Waals surface area contributed by atoms with Gasteiger partial charge in [-0.2, -0.15) is 0 Å². The molecule has 0 fully saturated rings. The molecule has 1 heterocycles. The molecular weight excluding hydrogens is 1660 g/mol. The zero-order valence-corrected chi connectivity index (χ0v) is 79.3. The van der Waals surface area contributed by atoms with E-state index >= 15 is 28.8 Å². The monoisotopic (exact) mass is 1780 g/mol. The fourth-order valence-corrected chi connectivity index (χ4v) is 22.8. The Labute approximate surface area is 770 Å². The second-order valence-corrected chi connectivity index (χ2v) is 40.3. The van der Waals surface area contributed by atoms with Crippen LogP contribution in [0, 0.1) is 0 Å². The van der Waals surface area contributed by atoms with Gasteiger partial charge in [-0.15, -0.1) is 68.0 Å². The van der Waals surface area contributed by atoms with E-state index in [0.29, 0.717) is 95.0 Å². The summed E-state index contributed by atoms with van der Waals surface area (Å²) in [5.41, 5.74) is 12.4. The molecule has 0 saturated carbocycles. The quantitative estimate of drug-likeness (QED) is 0.0279. The van der Waals surface area contributed by atoms with Crippen LogP contribution in [0.4, 0.5) is 0 Å². The van der Waals surface area contributed by atoms with Crippen molar-refractivity contribution < 1.29 is 28.8 Å². The Hall–Kier alpha value is -10.0. The SMILES string of the molecule is CCCCCCc1ccc(C(=O)c2cc(C(=O)c3ccc(CCCCCC)cc3)c3cc2sc2cccc(c2)sc2cc(sc4cccc(c4)sc4cc(sc5cccc(c5)s3)c(C(=O)c3ccc(CCCCCC)cc3)cc4C(=O)c3ccc(CCCCCC)cc3)c(C(=O)c3ccc(CCCCCC)cc3)cc2C(=O)c2ccc(CCCCCC)cc2)cc1. The molecule has 1 aromatic heterocycles. The summed E-state index contributed by atoms with van der Waals surface area (Å²) in [7, 11) is 0. The Morgan fingerprint density at radius 1 is 0.175 bits per heavy atom. The van der Waals surface area contributed by atoms with Crippen molar-refractivity contribution >= 4 is 159 Å². The fraction of sp³-hybridized carbons (Fsp3) is 0.316. The molecule has 13 rings (SSSR count). The first-order valence-electron chi connectivity index (χ1n) is 46.4. The van der Waals surface area contributed by atoms with Crippen LogP contribution >= 0.6 is 68.0 Å². The van der Waals surface area contributed by atoms with Crippen molar-refractivity contribution in [2.75, 3.05) is 0 Å². The lowest BCUT2D eigenvalue weighted by atomic mass is 9.95. The number of unbranched alkanes of at least 4 members (excludes halogenated alkanes) is 18. The Balaban J connectivity index is 1.12. The third kappa shape index (κ3) is 26.1. The van der Waals surface area contributed by atoms with Crippen molar-refractivity contribution in [3.63, 3.8) is 0 Å². The highest BCUT2D eigenvalue weighted by molar-refractivity contribution is 7.28. The molecule has 0 spiro atoms. The molecule has 0 aliphatic carbocycles. The van der Waals surface area contributed by atoms with Crippen molar-refractivity contribution in [2.45, 2.75) is 234 Å². The Kier molecular flexibility index (Phi) is 35.8. The molecule has 12 heteroatoms. The summed E-state index contributed by atoms with van der Waals surface area (Å²) in [6.45, 7) is 13.3. The van der Waals surface area contributed by atoms with Gasteiger partial charge in [0.25, 0.3) is 0 Å². The summed E-state index contributed by atoms with van der Waals surface area (Å²) in [5, 5.41) is 0. The minimum Gasteiger partial charge on any atom is -0.289 e. The first-order valence-corrected chi connectivity index (χ1v) is 51.3. The Bertz CT molecular complexity index is 5260. The topological polar surface area (TPSA) is 102 Å². The minimum absolute atomic E-state index is 0.212. The first kappa shape index (κ1) is 93.6. The summed E-state index contributed by atoms with van der Waals surface area (Å²) in [6, 6.07) is 84.2. The van der Waals surface area contributed by atoms with Gasteiger partial charge in [-0.1, -0.05) is 321 Å². The molecule has 0 saturated heterocycles. The summed E-state index contributed by atoms with van der Waals surface area (Å²) < 4.78 is 8.83. The molecule has 0 amide bonds. The average molecular weight is 1780 g/mol. The van der Waals surface area contributed by atoms with E-state index in [2.05, 4.69) is 133 Å². The van der Waals surface area contributed by atoms with E-state index in [1.54, 1.807) is 0 Å². The second kappa shape index (κ2) is 48.2. The lowest BCUT2D eigenvalue weighted by Gasteiger charge is -2.11. The van der Waals surface area contributed by atoms with Gasteiger partial charge in [-0.3, -0.25) is 28.8 Å². The van der Waals surface area contributed by atoms with Gasteiger partial charge in [-0.25, -0.2) is 0 Å². The van der Waals surface area contributed by atoms with Crippen molar-refractivity contribution in [3.8, 4) is 0 Å². The van der Waals surface area contributed by atoms with Crippen molar-refractivity contribution in [2.24, 2.45) is 0 Å². The van der Waals surface area contributed by atoms with Crippen LogP contribution in [0.3, 0.4) is 0 Å². The molecule has 13 aromatic rings. The molecule has 0 radical (unpaired) electrons. The molecule has 0 unspecified atom stereocenters. The van der Waals surface area contributed by atoms with Gasteiger partial charge < -0.3 is 0 Å². The van der Waals surface area contributed by atoms with Gasteiger partial charge in [0.1, 0.15) is 0 Å². The number of hydrogen-bond acceptors (Lipinski definition) is 12. The highest BCUT2D eigenvalue weighted by Crippen LogP contribution is 2.38. The van der Waals surface area contributed by atoms with E-state index in [1.807, 2.05) is 164 Å². The number of rotatable bonds is 42. The standard InChI is InChI=1S/C114H120O6S6/c1-7-13-19-25-34-79-46-58-85(59-47-79)109(115)97-73-98(110(116)86-60-48-80(49-61-86)35-26-20-14-8-2)104-76-103(97)121-91-40-31-41-92(70-91)123-105-77-106(100(112(118)88-64-52-82(53-65-88)37-28-22-16-10-4)74-99(105)111(117)87-62-50-81(51-63-87)36-27-21-15-9-3)125-95-44-33-45-96(72-95)126-108-78-107(124-94-43-32-42-93(71-94)122-104)101(113(119)89-66-54-83(55-67-89)38-29-23-17-11-5)75-102(108)114(120)90-68-56-84(57-69-90)39-30-24-18-12-6/h31-33,40-78H,7-30,34-39H2,1-6H3. The van der Waals surface area contributed by atoms with Gasteiger partial charge >= 0.3 is 0 Å². The summed E-state index contributed by atoms with van der Waals surface area (Å²) >= 11 is 8.74. The Morgan fingerprint density at radius 2 is 0.325 bits per heavy atom. The molecule has 0 aliphatic heterocycles. The second-order valence-electron chi connectivity index (χ2n) is 33.6. The van der Waals surface area contributed by atoms with Gasteiger partial charge in [0.05, 0.1) is 0 Å². The maximum Gasteiger partial charge on any atom is 0.194 e. The Morgan fingerprint density at radius 3 is 0.468 bits per heavy atom.